The molecule has 0 aromatic heterocycles. The number of Topliss-reactive ketones (excluding diaryl/α,β-unsaturated/α-hetero) is 1. The van der Waals surface area contributed by atoms with E-state index < -0.39 is 17.9 Å². The zero-order valence-corrected chi connectivity index (χ0v) is 5.70. The quantitative estimate of drug-likeness (QED) is 0.538. The number of carbonyl (C=O) groups excluding carboxylic acids is 1. The van der Waals surface area contributed by atoms with Crippen LogP contribution < -0.4 is 0 Å². The van der Waals surface area contributed by atoms with Gasteiger partial charge in [-0.1, -0.05) is 13.3 Å². The van der Waals surface area contributed by atoms with E-state index in [4.69, 9.17) is 10.2 Å². The predicted molar refractivity (Wildman–Crippen MR) is 33.6 cm³/mol. The van der Waals surface area contributed by atoms with Gasteiger partial charge in [0.15, 0.2) is 0 Å². The van der Waals surface area contributed by atoms with Crippen molar-refractivity contribution >= 4 is 11.8 Å². The van der Waals surface area contributed by atoms with Crippen LogP contribution in [0, 0.1) is 0 Å². The molecule has 2 N–H and O–H groups in total. The van der Waals surface area contributed by atoms with Crippen LogP contribution >= 0.6 is 0 Å². The highest BCUT2D eigenvalue weighted by molar-refractivity contribution is 6.34. The van der Waals surface area contributed by atoms with Crippen molar-refractivity contribution in [1.82, 2.24) is 0 Å². The van der Waals surface area contributed by atoms with Crippen LogP contribution in [0.4, 0.5) is 0 Å². The Morgan fingerprint density at radius 1 is 1.50 bits per heavy atom. The lowest BCUT2D eigenvalue weighted by molar-refractivity contribution is -0.153. The number of hydrogen-bond donors (Lipinski definition) is 2. The second-order valence-corrected chi connectivity index (χ2v) is 1.97. The Kier molecular flexibility index (Phi) is 3.64. The van der Waals surface area contributed by atoms with E-state index in [0.29, 0.717) is 6.42 Å². The van der Waals surface area contributed by atoms with Crippen molar-refractivity contribution in [3.05, 3.63) is 0 Å². The van der Waals surface area contributed by atoms with Gasteiger partial charge in [0, 0.05) is 0 Å². The maximum absolute atomic E-state index is 10.4. The second-order valence-electron chi connectivity index (χ2n) is 1.97. The van der Waals surface area contributed by atoms with Gasteiger partial charge in [0.25, 0.3) is 5.78 Å². The molecule has 0 bridgehead atoms. The zero-order chi connectivity index (χ0) is 8.15. The highest BCUT2D eigenvalue weighted by Crippen LogP contribution is 1.96. The number of rotatable bonds is 4. The Balaban J connectivity index is 3.82. The number of aliphatic hydroxyl groups is 1. The summed E-state index contributed by atoms with van der Waals surface area (Å²) < 4.78 is 0. The van der Waals surface area contributed by atoms with E-state index in [2.05, 4.69) is 0 Å². The lowest BCUT2D eigenvalue weighted by atomic mass is 10.1. The van der Waals surface area contributed by atoms with E-state index in [0.717, 1.165) is 0 Å². The molecule has 10 heavy (non-hydrogen) atoms. The third-order valence-electron chi connectivity index (χ3n) is 1.08. The van der Waals surface area contributed by atoms with E-state index in [-0.39, 0.29) is 6.42 Å². The summed E-state index contributed by atoms with van der Waals surface area (Å²) in [5.41, 5.74) is 0. The van der Waals surface area contributed by atoms with Crippen LogP contribution in [0.25, 0.3) is 0 Å². The summed E-state index contributed by atoms with van der Waals surface area (Å²) in [4.78, 5) is 20.3. The van der Waals surface area contributed by atoms with Crippen molar-refractivity contribution in [1.29, 1.82) is 0 Å². The number of hydrogen-bond acceptors (Lipinski definition) is 3. The molecule has 58 valence electrons. The summed E-state index contributed by atoms with van der Waals surface area (Å²) in [7, 11) is 0. The van der Waals surface area contributed by atoms with Gasteiger partial charge in [0.1, 0.15) is 6.10 Å². The Morgan fingerprint density at radius 2 is 2.00 bits per heavy atom. The molecule has 4 nitrogen and oxygen atoms in total. The molecule has 0 amide bonds. The number of aliphatic carboxylic acids is 1. The number of carboxylic acids is 1. The molecule has 0 aromatic carbocycles. The van der Waals surface area contributed by atoms with Crippen molar-refractivity contribution < 1.29 is 19.8 Å². The fourth-order valence-electron chi connectivity index (χ4n) is 0.547. The van der Waals surface area contributed by atoms with Gasteiger partial charge in [0.2, 0.25) is 0 Å². The first-order valence-corrected chi connectivity index (χ1v) is 3.04. The summed E-state index contributed by atoms with van der Waals surface area (Å²) >= 11 is 0. The molecule has 0 aliphatic rings. The molecule has 1 unspecified atom stereocenters. The normalized spacial score (nSPS) is 12.6. The Morgan fingerprint density at radius 3 is 2.30 bits per heavy atom. The molecule has 0 aromatic rings. The van der Waals surface area contributed by atoms with Crippen LogP contribution in [-0.4, -0.2) is 28.1 Å². The Bertz CT molecular complexity index is 141. The molecule has 0 aliphatic heterocycles. The first-order valence-electron chi connectivity index (χ1n) is 3.04. The van der Waals surface area contributed by atoms with Crippen molar-refractivity contribution in [3.63, 3.8) is 0 Å². The number of ketones is 1. The fraction of sp³-hybridized carbons (Fsp3) is 0.667. The number of carbonyl (C=O) groups is 2. The molecule has 0 aliphatic carbocycles. The Hall–Kier alpha value is -0.900. The smallest absolute Gasteiger partial charge is 0.374 e. The van der Waals surface area contributed by atoms with E-state index in [1.165, 1.54) is 0 Å². The molecular formula is C6H10O4. The lowest BCUT2D eigenvalue weighted by Crippen LogP contribution is -2.27. The molecule has 4 heteroatoms. The van der Waals surface area contributed by atoms with Crippen LogP contribution in [0.3, 0.4) is 0 Å². The van der Waals surface area contributed by atoms with Gasteiger partial charge < -0.3 is 10.2 Å². The summed E-state index contributed by atoms with van der Waals surface area (Å²) in [6.45, 7) is 1.76. The minimum absolute atomic E-state index is 0.213. The average Bonchev–Trinajstić information content (AvgIpc) is 1.87. The predicted octanol–water partition coefficient (Wildman–Crippen LogP) is -0.199. The van der Waals surface area contributed by atoms with Gasteiger partial charge >= 0.3 is 5.97 Å². The van der Waals surface area contributed by atoms with Crippen LogP contribution in [-0.2, 0) is 9.59 Å². The van der Waals surface area contributed by atoms with Crippen molar-refractivity contribution in [2.45, 2.75) is 25.9 Å². The summed E-state index contributed by atoms with van der Waals surface area (Å²) in [5, 5.41) is 16.8. The summed E-state index contributed by atoms with van der Waals surface area (Å²) in [6.07, 6.45) is -0.520. The van der Waals surface area contributed by atoms with Crippen LogP contribution in [0.15, 0.2) is 0 Å². The number of carboxylic acid groups (broad SMARTS) is 1. The third-order valence-corrected chi connectivity index (χ3v) is 1.08. The summed E-state index contributed by atoms with van der Waals surface area (Å²) in [5.74, 6) is -2.69. The van der Waals surface area contributed by atoms with Gasteiger partial charge in [0.05, 0.1) is 0 Å². The third kappa shape index (κ3) is 2.59. The van der Waals surface area contributed by atoms with Crippen molar-refractivity contribution in [3.8, 4) is 0 Å². The van der Waals surface area contributed by atoms with E-state index in [9.17, 15) is 9.59 Å². The lowest BCUT2D eigenvalue weighted by Gasteiger charge is -2.02. The first-order chi connectivity index (χ1) is 4.59. The first kappa shape index (κ1) is 9.10. The molecule has 0 spiro atoms. The van der Waals surface area contributed by atoms with Crippen LogP contribution in [0.1, 0.15) is 19.8 Å². The van der Waals surface area contributed by atoms with Crippen LogP contribution in [0.5, 0.6) is 0 Å². The minimum atomic E-state index is -1.57. The molecule has 0 radical (unpaired) electrons. The molecule has 0 saturated heterocycles. The highest BCUT2D eigenvalue weighted by atomic mass is 16.4. The van der Waals surface area contributed by atoms with Gasteiger partial charge in [-0.05, 0) is 6.42 Å². The van der Waals surface area contributed by atoms with Crippen LogP contribution in [0.2, 0.25) is 0 Å². The standard InChI is InChI=1S/C6H10O4/c1-2-3-4(7)5(8)6(9)10/h4,7H,2-3H2,1H3,(H,9,10). The van der Waals surface area contributed by atoms with Crippen molar-refractivity contribution in [2.24, 2.45) is 0 Å². The molecule has 1 atom stereocenters. The molecule has 0 fully saturated rings. The minimum Gasteiger partial charge on any atom is -0.475 e. The molecule has 0 saturated carbocycles. The average molecular weight is 146 g/mol. The molecule has 0 rings (SSSR count). The Labute approximate surface area is 58.5 Å². The van der Waals surface area contributed by atoms with Gasteiger partial charge in [-0.25, -0.2) is 4.79 Å². The van der Waals surface area contributed by atoms with E-state index in [1.54, 1.807) is 6.92 Å². The highest BCUT2D eigenvalue weighted by Gasteiger charge is 2.20. The molecule has 0 heterocycles. The molecular weight excluding hydrogens is 136 g/mol. The number of aliphatic hydroxyl groups excluding tert-OH is 1. The summed E-state index contributed by atoms with van der Waals surface area (Å²) in [6, 6.07) is 0. The maximum Gasteiger partial charge on any atom is 0.374 e. The fourth-order valence-corrected chi connectivity index (χ4v) is 0.547. The van der Waals surface area contributed by atoms with E-state index in [1.807, 2.05) is 0 Å². The SMILES string of the molecule is CCCC(O)C(=O)C(=O)O. The van der Waals surface area contributed by atoms with Crippen molar-refractivity contribution in [2.75, 3.05) is 0 Å². The van der Waals surface area contributed by atoms with Gasteiger partial charge in [-0.3, -0.25) is 4.79 Å². The van der Waals surface area contributed by atoms with Gasteiger partial charge in [-0.2, -0.15) is 0 Å². The van der Waals surface area contributed by atoms with Gasteiger partial charge in [-0.15, -0.1) is 0 Å². The largest absolute Gasteiger partial charge is 0.475 e. The maximum atomic E-state index is 10.4. The topological polar surface area (TPSA) is 74.6 Å². The van der Waals surface area contributed by atoms with E-state index >= 15 is 0 Å². The second kappa shape index (κ2) is 4.00. The monoisotopic (exact) mass is 146 g/mol. The zero-order valence-electron chi connectivity index (χ0n) is 5.70.